The number of benzene rings is 1. The molecule has 0 aliphatic rings. The average molecular weight is 363 g/mol. The smallest absolute Gasteiger partial charge is 0.193 e. The Morgan fingerprint density at radius 2 is 1.72 bits per heavy atom. The van der Waals surface area contributed by atoms with Crippen LogP contribution in [-0.4, -0.2) is 15.4 Å². The zero-order chi connectivity index (χ0) is 18.7. The van der Waals surface area contributed by atoms with Crippen molar-refractivity contribution in [3.8, 4) is 5.75 Å². The zero-order valence-corrected chi connectivity index (χ0v) is 18.1. The van der Waals surface area contributed by atoms with E-state index in [0.717, 1.165) is 30.3 Å². The molecule has 3 heteroatoms. The highest BCUT2D eigenvalue weighted by atomic mass is 28.4. The topological polar surface area (TPSA) is 18.5 Å². The number of ether oxygens (including phenoxy) is 1. The summed E-state index contributed by atoms with van der Waals surface area (Å²) in [6.45, 7) is 13.5. The third-order valence-electron chi connectivity index (χ3n) is 5.42. The molecule has 25 heavy (non-hydrogen) atoms. The van der Waals surface area contributed by atoms with Crippen molar-refractivity contribution in [1.82, 2.24) is 0 Å². The summed E-state index contributed by atoms with van der Waals surface area (Å²) in [7, 11) is 0.0103. The van der Waals surface area contributed by atoms with Gasteiger partial charge in [0.1, 0.15) is 5.75 Å². The maximum atomic E-state index is 6.87. The van der Waals surface area contributed by atoms with Gasteiger partial charge >= 0.3 is 0 Å². The molecule has 142 valence electrons. The van der Waals surface area contributed by atoms with Gasteiger partial charge in [-0.15, -0.1) is 0 Å². The van der Waals surface area contributed by atoms with Gasteiger partial charge in [-0.3, -0.25) is 0 Å². The molecule has 2 nitrogen and oxygen atoms in total. The predicted molar refractivity (Wildman–Crippen MR) is 112 cm³/mol. The Hall–Kier alpha value is -1.06. The van der Waals surface area contributed by atoms with Crippen LogP contribution in [0.2, 0.25) is 18.1 Å². The van der Waals surface area contributed by atoms with Crippen molar-refractivity contribution in [2.75, 3.05) is 7.11 Å². The SMILES string of the molecule is C=C(CCCCCC)C(O[Si](CC)(CC)CC)c1cccc(OC)c1. The van der Waals surface area contributed by atoms with Crippen molar-refractivity contribution < 1.29 is 9.16 Å². The Morgan fingerprint density at radius 1 is 1.04 bits per heavy atom. The molecular weight excluding hydrogens is 324 g/mol. The third-order valence-corrected chi connectivity index (χ3v) is 10.0. The third kappa shape index (κ3) is 6.63. The van der Waals surface area contributed by atoms with Crippen molar-refractivity contribution in [2.45, 2.75) is 84.0 Å². The minimum Gasteiger partial charge on any atom is -0.497 e. The molecule has 0 aliphatic carbocycles. The van der Waals surface area contributed by atoms with Crippen LogP contribution in [0, 0.1) is 0 Å². The summed E-state index contributed by atoms with van der Waals surface area (Å²) in [6, 6.07) is 11.8. The van der Waals surface area contributed by atoms with Crippen LogP contribution in [0.1, 0.15) is 71.5 Å². The first kappa shape index (κ1) is 22.0. The second-order valence-electron chi connectivity index (χ2n) is 6.99. The van der Waals surface area contributed by atoms with E-state index in [0.29, 0.717) is 0 Å². The summed E-state index contributed by atoms with van der Waals surface area (Å²) in [5.41, 5.74) is 2.41. The van der Waals surface area contributed by atoms with Crippen LogP contribution in [0.15, 0.2) is 36.4 Å². The van der Waals surface area contributed by atoms with Crippen LogP contribution in [0.4, 0.5) is 0 Å². The molecule has 0 spiro atoms. The van der Waals surface area contributed by atoms with Gasteiger partial charge in [0.2, 0.25) is 0 Å². The summed E-state index contributed by atoms with van der Waals surface area (Å²) < 4.78 is 12.3. The van der Waals surface area contributed by atoms with Crippen LogP contribution in [-0.2, 0) is 4.43 Å². The number of hydrogen-bond acceptors (Lipinski definition) is 2. The molecule has 1 aromatic rings. The maximum absolute atomic E-state index is 6.87. The van der Waals surface area contributed by atoms with Crippen LogP contribution in [0.25, 0.3) is 0 Å². The molecule has 1 rings (SSSR count). The van der Waals surface area contributed by atoms with Gasteiger partial charge in [0.05, 0.1) is 13.2 Å². The van der Waals surface area contributed by atoms with Crippen molar-refractivity contribution in [3.05, 3.63) is 42.0 Å². The molecule has 0 aliphatic heterocycles. The predicted octanol–water partition coefficient (Wildman–Crippen LogP) is 7.28. The molecular formula is C22H38O2Si. The van der Waals surface area contributed by atoms with E-state index < -0.39 is 8.32 Å². The van der Waals surface area contributed by atoms with Crippen LogP contribution in [0.3, 0.4) is 0 Å². The molecule has 1 aromatic carbocycles. The van der Waals surface area contributed by atoms with Gasteiger partial charge in [-0.1, -0.05) is 65.7 Å². The molecule has 1 unspecified atom stereocenters. The Kier molecular flexibility index (Phi) is 10.1. The van der Waals surface area contributed by atoms with E-state index in [1.807, 2.05) is 6.07 Å². The van der Waals surface area contributed by atoms with Gasteiger partial charge in [-0.05, 0) is 54.2 Å². The monoisotopic (exact) mass is 362 g/mol. The lowest BCUT2D eigenvalue weighted by Crippen LogP contribution is -2.37. The van der Waals surface area contributed by atoms with E-state index in [9.17, 15) is 0 Å². The fourth-order valence-corrected chi connectivity index (χ4v) is 6.15. The molecule has 0 N–H and O–H groups in total. The quantitative estimate of drug-likeness (QED) is 0.208. The van der Waals surface area contributed by atoms with E-state index in [2.05, 4.69) is 52.5 Å². The summed E-state index contributed by atoms with van der Waals surface area (Å²) in [4.78, 5) is 0. The molecule has 0 aromatic heterocycles. The lowest BCUT2D eigenvalue weighted by Gasteiger charge is -2.34. The molecule has 0 fully saturated rings. The van der Waals surface area contributed by atoms with E-state index in [4.69, 9.17) is 9.16 Å². The summed E-state index contributed by atoms with van der Waals surface area (Å²) >= 11 is 0. The van der Waals surface area contributed by atoms with Crippen molar-refractivity contribution in [3.63, 3.8) is 0 Å². The molecule has 0 saturated heterocycles. The van der Waals surface area contributed by atoms with E-state index in [1.54, 1.807) is 7.11 Å². The lowest BCUT2D eigenvalue weighted by atomic mass is 9.98. The van der Waals surface area contributed by atoms with E-state index in [-0.39, 0.29) is 6.10 Å². The fourth-order valence-electron chi connectivity index (χ4n) is 3.35. The highest BCUT2D eigenvalue weighted by molar-refractivity contribution is 6.73. The van der Waals surface area contributed by atoms with Crippen molar-refractivity contribution in [2.24, 2.45) is 0 Å². The lowest BCUT2D eigenvalue weighted by molar-refractivity contribution is 0.220. The average Bonchev–Trinajstić information content (AvgIpc) is 2.66. The van der Waals surface area contributed by atoms with Crippen molar-refractivity contribution in [1.29, 1.82) is 0 Å². The molecule has 0 radical (unpaired) electrons. The summed E-state index contributed by atoms with van der Waals surface area (Å²) in [5, 5.41) is 0. The van der Waals surface area contributed by atoms with E-state index >= 15 is 0 Å². The van der Waals surface area contributed by atoms with Crippen LogP contribution in [0.5, 0.6) is 5.75 Å². The minimum absolute atomic E-state index is 0.00300. The molecule has 1 atom stereocenters. The Bertz CT molecular complexity index is 500. The first-order valence-electron chi connectivity index (χ1n) is 10.0. The highest BCUT2D eigenvalue weighted by Crippen LogP contribution is 2.36. The van der Waals surface area contributed by atoms with Gasteiger partial charge in [0.15, 0.2) is 8.32 Å². The number of methoxy groups -OCH3 is 1. The van der Waals surface area contributed by atoms with E-state index in [1.165, 1.54) is 36.8 Å². The Morgan fingerprint density at radius 3 is 2.28 bits per heavy atom. The molecule has 0 saturated carbocycles. The normalized spacial score (nSPS) is 12.8. The standard InChI is InChI=1S/C22H38O2Si/c1-7-11-12-13-15-19(5)22(24-25(8-2,9-3)10-4)20-16-14-17-21(18-20)23-6/h14,16-18,22H,5,7-13,15H2,1-4,6H3. The molecule has 0 amide bonds. The number of rotatable bonds is 13. The minimum atomic E-state index is -1.71. The van der Waals surface area contributed by atoms with Crippen LogP contribution >= 0.6 is 0 Å². The fraction of sp³-hybridized carbons (Fsp3) is 0.636. The second kappa shape index (κ2) is 11.5. The Balaban J connectivity index is 3.02. The highest BCUT2D eigenvalue weighted by Gasteiger charge is 2.33. The first-order valence-corrected chi connectivity index (χ1v) is 12.6. The zero-order valence-electron chi connectivity index (χ0n) is 17.1. The van der Waals surface area contributed by atoms with Gasteiger partial charge < -0.3 is 9.16 Å². The molecule has 0 bridgehead atoms. The summed E-state index contributed by atoms with van der Waals surface area (Å²) in [6.07, 6.45) is 6.09. The van der Waals surface area contributed by atoms with Gasteiger partial charge in [0.25, 0.3) is 0 Å². The number of hydrogen-bond donors (Lipinski definition) is 0. The first-order chi connectivity index (χ1) is 12.1. The van der Waals surface area contributed by atoms with Gasteiger partial charge in [-0.25, -0.2) is 0 Å². The summed E-state index contributed by atoms with van der Waals surface area (Å²) in [5.74, 6) is 0.890. The van der Waals surface area contributed by atoms with Crippen molar-refractivity contribution >= 4 is 8.32 Å². The van der Waals surface area contributed by atoms with Gasteiger partial charge in [-0.2, -0.15) is 0 Å². The Labute approximate surface area is 156 Å². The second-order valence-corrected chi connectivity index (χ2v) is 11.7. The largest absolute Gasteiger partial charge is 0.497 e. The van der Waals surface area contributed by atoms with Gasteiger partial charge in [0, 0.05) is 0 Å². The van der Waals surface area contributed by atoms with Crippen LogP contribution < -0.4 is 4.74 Å². The maximum Gasteiger partial charge on any atom is 0.193 e. The number of unbranched alkanes of at least 4 members (excludes halogenated alkanes) is 3. The molecule has 0 heterocycles.